The van der Waals surface area contributed by atoms with Crippen LogP contribution in [0.3, 0.4) is 0 Å². The van der Waals surface area contributed by atoms with Crippen molar-refractivity contribution in [2.24, 2.45) is 5.92 Å². The molecule has 27 heavy (non-hydrogen) atoms. The number of likely N-dealkylation sites (N-methyl/N-ethyl adjacent to an activating group) is 1. The molecule has 0 bridgehead atoms. The highest BCUT2D eigenvalue weighted by Gasteiger charge is 2.18. The van der Waals surface area contributed by atoms with Crippen molar-refractivity contribution in [3.63, 3.8) is 0 Å². The summed E-state index contributed by atoms with van der Waals surface area (Å²) in [7, 11) is 3.27. The summed E-state index contributed by atoms with van der Waals surface area (Å²) in [6, 6.07) is 0. The molecule has 0 aliphatic carbocycles. The number of carbonyl (C=O) groups is 2. The molecule has 9 heteroatoms. The Morgan fingerprint density at radius 1 is 1.30 bits per heavy atom. The van der Waals surface area contributed by atoms with Crippen LogP contribution in [0.15, 0.2) is 9.95 Å². The van der Waals surface area contributed by atoms with E-state index in [1.807, 2.05) is 27.7 Å². The predicted octanol–water partition coefficient (Wildman–Crippen LogP) is 2.03. The van der Waals surface area contributed by atoms with Gasteiger partial charge in [-0.25, -0.2) is 4.98 Å². The number of carbonyl (C=O) groups excluding carboxylic acids is 2. The molecule has 0 spiro atoms. The summed E-state index contributed by atoms with van der Waals surface area (Å²) >= 11 is 2.72. The number of nitrogens with zero attached hydrogens (tertiary/aromatic N) is 3. The molecule has 2 heterocycles. The number of aromatic nitrogens is 2. The zero-order valence-electron chi connectivity index (χ0n) is 16.6. The van der Waals surface area contributed by atoms with Gasteiger partial charge in [-0.1, -0.05) is 25.6 Å². The average Bonchev–Trinajstić information content (AvgIpc) is 2.87. The van der Waals surface area contributed by atoms with Gasteiger partial charge < -0.3 is 10.2 Å². The third-order valence-corrected chi connectivity index (χ3v) is 6.15. The third-order valence-electron chi connectivity index (χ3n) is 4.07. The number of hydrogen-bond donors (Lipinski definition) is 1. The Hall–Kier alpha value is -1.87. The lowest BCUT2D eigenvalue weighted by Gasteiger charge is -2.14. The Bertz CT molecular complexity index is 915. The van der Waals surface area contributed by atoms with Crippen LogP contribution in [0.2, 0.25) is 0 Å². The first-order valence-corrected chi connectivity index (χ1v) is 10.5. The van der Waals surface area contributed by atoms with Crippen molar-refractivity contribution in [2.45, 2.75) is 39.4 Å². The number of nitrogens with one attached hydrogen (secondary N) is 1. The smallest absolute Gasteiger partial charge is 0.263 e. The molecule has 0 radical (unpaired) electrons. The molecule has 2 rings (SSSR count). The molecule has 0 aliphatic rings. The van der Waals surface area contributed by atoms with Gasteiger partial charge in [-0.2, -0.15) is 0 Å². The van der Waals surface area contributed by atoms with Crippen molar-refractivity contribution in [1.29, 1.82) is 0 Å². The lowest BCUT2D eigenvalue weighted by molar-refractivity contribution is -0.130. The van der Waals surface area contributed by atoms with Crippen LogP contribution in [-0.4, -0.2) is 52.7 Å². The van der Waals surface area contributed by atoms with Crippen molar-refractivity contribution in [3.8, 4) is 0 Å². The number of amides is 2. The molecule has 0 unspecified atom stereocenters. The standard InChI is InChI=1S/C18H26N4O3S2/c1-10(2)8-22-17(25)15-11(3)12(4)27-16(15)20-18(22)26-9-13(23)19-7-14(24)21(5)6/h10H,7-9H2,1-6H3,(H,19,23). The second-order valence-electron chi connectivity index (χ2n) is 7.02. The van der Waals surface area contributed by atoms with E-state index in [0.717, 1.165) is 10.4 Å². The minimum Gasteiger partial charge on any atom is -0.347 e. The molecule has 2 aromatic rings. The summed E-state index contributed by atoms with van der Waals surface area (Å²) in [4.78, 5) is 44.5. The van der Waals surface area contributed by atoms with Crippen LogP contribution in [-0.2, 0) is 16.1 Å². The molecular formula is C18H26N4O3S2. The van der Waals surface area contributed by atoms with E-state index in [4.69, 9.17) is 0 Å². The number of hydrogen-bond acceptors (Lipinski definition) is 6. The second kappa shape index (κ2) is 8.88. The minimum atomic E-state index is -0.265. The van der Waals surface area contributed by atoms with E-state index in [9.17, 15) is 14.4 Å². The van der Waals surface area contributed by atoms with Gasteiger partial charge in [-0.15, -0.1) is 11.3 Å². The lowest BCUT2D eigenvalue weighted by Crippen LogP contribution is -2.37. The molecule has 0 aromatic carbocycles. The zero-order chi connectivity index (χ0) is 20.3. The molecular weight excluding hydrogens is 384 g/mol. The van der Waals surface area contributed by atoms with Gasteiger partial charge in [0.05, 0.1) is 17.7 Å². The molecule has 0 fully saturated rings. The van der Waals surface area contributed by atoms with E-state index in [1.165, 1.54) is 28.0 Å². The second-order valence-corrected chi connectivity index (χ2v) is 9.17. The maximum Gasteiger partial charge on any atom is 0.263 e. The zero-order valence-corrected chi connectivity index (χ0v) is 18.2. The van der Waals surface area contributed by atoms with Crippen LogP contribution in [0.5, 0.6) is 0 Å². The van der Waals surface area contributed by atoms with Crippen molar-refractivity contribution in [3.05, 3.63) is 20.8 Å². The normalized spacial score (nSPS) is 11.2. The Morgan fingerprint density at radius 2 is 1.96 bits per heavy atom. The largest absolute Gasteiger partial charge is 0.347 e. The summed E-state index contributed by atoms with van der Waals surface area (Å²) < 4.78 is 1.66. The quantitative estimate of drug-likeness (QED) is 0.558. The van der Waals surface area contributed by atoms with E-state index < -0.39 is 0 Å². The molecule has 148 valence electrons. The lowest BCUT2D eigenvalue weighted by atomic mass is 10.2. The van der Waals surface area contributed by atoms with Crippen LogP contribution in [0.4, 0.5) is 0 Å². The maximum atomic E-state index is 13.0. The molecule has 0 saturated carbocycles. The van der Waals surface area contributed by atoms with Crippen molar-refractivity contribution in [1.82, 2.24) is 19.8 Å². The van der Waals surface area contributed by atoms with E-state index in [2.05, 4.69) is 10.3 Å². The predicted molar refractivity (Wildman–Crippen MR) is 111 cm³/mol. The topological polar surface area (TPSA) is 84.3 Å². The van der Waals surface area contributed by atoms with Gasteiger partial charge in [0, 0.05) is 25.5 Å². The summed E-state index contributed by atoms with van der Waals surface area (Å²) in [6.07, 6.45) is 0. The highest BCUT2D eigenvalue weighted by molar-refractivity contribution is 7.99. The first kappa shape index (κ1) is 21.4. The Balaban J connectivity index is 2.25. The first-order chi connectivity index (χ1) is 12.6. The van der Waals surface area contributed by atoms with Gasteiger partial charge in [0.25, 0.3) is 5.56 Å². The van der Waals surface area contributed by atoms with Crippen LogP contribution < -0.4 is 10.9 Å². The highest BCUT2D eigenvalue weighted by Crippen LogP contribution is 2.28. The first-order valence-electron chi connectivity index (χ1n) is 8.72. The molecule has 2 amide bonds. The van der Waals surface area contributed by atoms with E-state index in [1.54, 1.807) is 18.7 Å². The van der Waals surface area contributed by atoms with Gasteiger partial charge in [0.2, 0.25) is 11.8 Å². The number of aryl methyl sites for hydroxylation is 2. The molecule has 1 N–H and O–H groups in total. The molecule has 0 aliphatic heterocycles. The van der Waals surface area contributed by atoms with E-state index in [-0.39, 0.29) is 35.6 Å². The van der Waals surface area contributed by atoms with Gasteiger partial charge in [-0.3, -0.25) is 19.0 Å². The Labute approximate surface area is 167 Å². The van der Waals surface area contributed by atoms with Crippen molar-refractivity contribution in [2.75, 3.05) is 26.4 Å². The summed E-state index contributed by atoms with van der Waals surface area (Å²) in [5, 5.41) is 3.80. The average molecular weight is 411 g/mol. The third kappa shape index (κ3) is 5.10. The molecule has 7 nitrogen and oxygen atoms in total. The van der Waals surface area contributed by atoms with Crippen LogP contribution >= 0.6 is 23.1 Å². The van der Waals surface area contributed by atoms with Crippen LogP contribution in [0.25, 0.3) is 10.2 Å². The van der Waals surface area contributed by atoms with E-state index in [0.29, 0.717) is 21.9 Å². The van der Waals surface area contributed by atoms with Gasteiger partial charge in [-0.05, 0) is 25.3 Å². The Morgan fingerprint density at radius 3 is 2.56 bits per heavy atom. The van der Waals surface area contributed by atoms with E-state index >= 15 is 0 Å². The minimum absolute atomic E-state index is 0.0407. The van der Waals surface area contributed by atoms with Gasteiger partial charge >= 0.3 is 0 Å². The van der Waals surface area contributed by atoms with Gasteiger partial charge in [0.15, 0.2) is 5.16 Å². The Kier molecular flexibility index (Phi) is 7.05. The number of thioether (sulfide) groups is 1. The number of thiophene rings is 1. The summed E-state index contributed by atoms with van der Waals surface area (Å²) in [6.45, 7) is 8.50. The van der Waals surface area contributed by atoms with Crippen molar-refractivity contribution < 1.29 is 9.59 Å². The molecule has 2 aromatic heterocycles. The SMILES string of the molecule is Cc1sc2nc(SCC(=O)NCC(=O)N(C)C)n(CC(C)C)c(=O)c2c1C. The fourth-order valence-corrected chi connectivity index (χ4v) is 4.37. The van der Waals surface area contributed by atoms with Crippen LogP contribution in [0.1, 0.15) is 24.3 Å². The summed E-state index contributed by atoms with van der Waals surface area (Å²) in [5.41, 5.74) is 0.919. The monoisotopic (exact) mass is 410 g/mol. The fraction of sp³-hybridized carbons (Fsp3) is 0.556. The van der Waals surface area contributed by atoms with Crippen molar-refractivity contribution >= 4 is 45.1 Å². The number of fused-ring (bicyclic) bond motifs is 1. The van der Waals surface area contributed by atoms with Gasteiger partial charge in [0.1, 0.15) is 4.83 Å². The maximum absolute atomic E-state index is 13.0. The highest BCUT2D eigenvalue weighted by atomic mass is 32.2. The van der Waals surface area contributed by atoms with Crippen LogP contribution in [0, 0.1) is 19.8 Å². The molecule has 0 saturated heterocycles. The summed E-state index contributed by atoms with van der Waals surface area (Å²) in [5.74, 6) is -0.0682. The number of rotatable bonds is 7. The molecule has 0 atom stereocenters. The fourth-order valence-electron chi connectivity index (χ4n) is 2.46.